The van der Waals surface area contributed by atoms with Crippen LogP contribution < -0.4 is 5.56 Å². The van der Waals surface area contributed by atoms with Crippen molar-refractivity contribution in [2.75, 3.05) is 13.2 Å². The van der Waals surface area contributed by atoms with Gasteiger partial charge in [-0.1, -0.05) is 32.6 Å². The number of fused-ring (bicyclic) bond motifs is 1. The van der Waals surface area contributed by atoms with Gasteiger partial charge in [0.2, 0.25) is 0 Å². The molecule has 124 valence electrons. The third-order valence-corrected chi connectivity index (χ3v) is 5.38. The van der Waals surface area contributed by atoms with Gasteiger partial charge in [0, 0.05) is 18.9 Å². The zero-order valence-corrected chi connectivity index (χ0v) is 13.6. The third-order valence-electron chi connectivity index (χ3n) is 5.38. The fourth-order valence-corrected chi connectivity index (χ4v) is 4.04. The topological polar surface area (TPSA) is 72.8 Å². The van der Waals surface area contributed by atoms with Crippen molar-refractivity contribution in [1.82, 2.24) is 19.7 Å². The number of rotatable bonds is 3. The lowest BCUT2D eigenvalue weighted by atomic mass is 9.98. The van der Waals surface area contributed by atoms with Gasteiger partial charge in [-0.2, -0.15) is 5.10 Å². The smallest absolute Gasteiger partial charge is 0.262 e. The van der Waals surface area contributed by atoms with E-state index < -0.39 is 0 Å². The highest BCUT2D eigenvalue weighted by atomic mass is 16.5. The molecule has 6 heteroatoms. The first kappa shape index (κ1) is 14.9. The Morgan fingerprint density at radius 3 is 2.96 bits per heavy atom. The first-order valence-corrected chi connectivity index (χ1v) is 8.76. The lowest BCUT2D eigenvalue weighted by Gasteiger charge is -2.29. The summed E-state index contributed by atoms with van der Waals surface area (Å²) >= 11 is 0. The maximum atomic E-state index is 12.4. The van der Waals surface area contributed by atoms with Gasteiger partial charge >= 0.3 is 0 Å². The highest BCUT2D eigenvalue weighted by Gasteiger charge is 2.27. The largest absolute Gasteiger partial charge is 0.381 e. The van der Waals surface area contributed by atoms with E-state index in [2.05, 4.69) is 17.0 Å². The number of H-pyrrole nitrogens is 1. The summed E-state index contributed by atoms with van der Waals surface area (Å²) < 4.78 is 7.48. The van der Waals surface area contributed by atoms with E-state index in [0.717, 1.165) is 37.5 Å². The van der Waals surface area contributed by atoms with Crippen LogP contribution in [0.15, 0.2) is 11.0 Å². The van der Waals surface area contributed by atoms with E-state index in [4.69, 9.17) is 9.72 Å². The molecule has 1 saturated carbocycles. The van der Waals surface area contributed by atoms with Crippen molar-refractivity contribution < 1.29 is 4.74 Å². The minimum Gasteiger partial charge on any atom is -0.381 e. The molecule has 0 radical (unpaired) electrons. The molecule has 2 aliphatic rings. The van der Waals surface area contributed by atoms with E-state index in [1.165, 1.54) is 25.7 Å². The molecule has 6 nitrogen and oxygen atoms in total. The second-order valence-electron chi connectivity index (χ2n) is 7.10. The molecule has 2 aromatic rings. The number of hydrogen-bond acceptors (Lipinski definition) is 4. The maximum absolute atomic E-state index is 12.4. The monoisotopic (exact) mass is 316 g/mol. The summed E-state index contributed by atoms with van der Waals surface area (Å²) in [7, 11) is 0. The Morgan fingerprint density at radius 2 is 2.17 bits per heavy atom. The molecule has 2 aromatic heterocycles. The Bertz CT molecular complexity index is 745. The van der Waals surface area contributed by atoms with Crippen molar-refractivity contribution in [3.8, 4) is 0 Å². The van der Waals surface area contributed by atoms with E-state index in [1.54, 1.807) is 6.20 Å². The predicted octanol–water partition coefficient (Wildman–Crippen LogP) is 2.45. The number of nitrogens with one attached hydrogen (secondary N) is 1. The van der Waals surface area contributed by atoms with E-state index in [0.29, 0.717) is 17.2 Å². The van der Waals surface area contributed by atoms with Crippen LogP contribution in [0.4, 0.5) is 0 Å². The molecular weight excluding hydrogens is 292 g/mol. The van der Waals surface area contributed by atoms with Gasteiger partial charge in [0.25, 0.3) is 5.56 Å². The number of ether oxygens (including phenoxy) is 1. The molecule has 1 aliphatic heterocycles. The normalized spacial score (nSPS) is 26.1. The van der Waals surface area contributed by atoms with E-state index in [-0.39, 0.29) is 11.6 Å². The molecule has 2 unspecified atom stereocenters. The Balaban J connectivity index is 1.71. The molecule has 1 N–H and O–H groups in total. The van der Waals surface area contributed by atoms with Gasteiger partial charge in [0.05, 0.1) is 18.8 Å². The van der Waals surface area contributed by atoms with Gasteiger partial charge < -0.3 is 9.72 Å². The van der Waals surface area contributed by atoms with Crippen molar-refractivity contribution >= 4 is 11.0 Å². The van der Waals surface area contributed by atoms with Crippen LogP contribution in [-0.4, -0.2) is 33.0 Å². The lowest BCUT2D eigenvalue weighted by Crippen LogP contribution is -2.29. The summed E-state index contributed by atoms with van der Waals surface area (Å²) in [4.78, 5) is 20.1. The molecule has 0 amide bonds. The summed E-state index contributed by atoms with van der Waals surface area (Å²) in [5, 5.41) is 5.08. The average molecular weight is 316 g/mol. The fraction of sp³-hybridized carbons (Fsp3) is 0.706. The van der Waals surface area contributed by atoms with E-state index in [1.807, 2.05) is 4.68 Å². The minimum atomic E-state index is -0.0611. The Hall–Kier alpha value is -1.69. The van der Waals surface area contributed by atoms with Crippen molar-refractivity contribution in [1.29, 1.82) is 0 Å². The molecule has 23 heavy (non-hydrogen) atoms. The predicted molar refractivity (Wildman–Crippen MR) is 87.4 cm³/mol. The zero-order valence-electron chi connectivity index (χ0n) is 13.6. The summed E-state index contributed by atoms with van der Waals surface area (Å²) in [6.45, 7) is 3.66. The van der Waals surface area contributed by atoms with Crippen LogP contribution in [0.1, 0.15) is 50.9 Å². The van der Waals surface area contributed by atoms with Crippen molar-refractivity contribution in [3.63, 3.8) is 0 Å². The number of aromatic nitrogens is 4. The van der Waals surface area contributed by atoms with Gasteiger partial charge in [-0.15, -0.1) is 0 Å². The van der Waals surface area contributed by atoms with Crippen molar-refractivity contribution in [3.05, 3.63) is 22.4 Å². The van der Waals surface area contributed by atoms with Crippen LogP contribution in [0.3, 0.4) is 0 Å². The van der Waals surface area contributed by atoms with Crippen LogP contribution >= 0.6 is 0 Å². The van der Waals surface area contributed by atoms with Crippen LogP contribution in [0.25, 0.3) is 11.0 Å². The van der Waals surface area contributed by atoms with Gasteiger partial charge in [0.1, 0.15) is 11.2 Å². The van der Waals surface area contributed by atoms with Crippen LogP contribution in [0.2, 0.25) is 0 Å². The van der Waals surface area contributed by atoms with Crippen molar-refractivity contribution in [2.45, 2.75) is 51.5 Å². The molecule has 0 bridgehead atoms. The Kier molecular flexibility index (Phi) is 3.93. The summed E-state index contributed by atoms with van der Waals surface area (Å²) in [6, 6.07) is 0.259. The summed E-state index contributed by atoms with van der Waals surface area (Å²) in [6.07, 6.45) is 8.55. The maximum Gasteiger partial charge on any atom is 0.262 e. The van der Waals surface area contributed by atoms with Gasteiger partial charge in [0.15, 0.2) is 5.65 Å². The Labute approximate surface area is 135 Å². The second-order valence-corrected chi connectivity index (χ2v) is 7.10. The van der Waals surface area contributed by atoms with E-state index in [9.17, 15) is 4.79 Å². The number of hydrogen-bond donors (Lipinski definition) is 1. The van der Waals surface area contributed by atoms with Gasteiger partial charge in [-0.3, -0.25) is 4.79 Å². The highest BCUT2D eigenvalue weighted by Crippen LogP contribution is 2.29. The summed E-state index contributed by atoms with van der Waals surface area (Å²) in [5.74, 6) is 1.86. The van der Waals surface area contributed by atoms with E-state index >= 15 is 0 Å². The number of aromatic amines is 1. The fourth-order valence-electron chi connectivity index (χ4n) is 4.04. The minimum absolute atomic E-state index is 0.0611. The van der Waals surface area contributed by atoms with Crippen molar-refractivity contribution in [2.24, 2.45) is 11.8 Å². The molecule has 0 aromatic carbocycles. The first-order valence-electron chi connectivity index (χ1n) is 8.76. The molecule has 1 aliphatic carbocycles. The zero-order chi connectivity index (χ0) is 15.8. The summed E-state index contributed by atoms with van der Waals surface area (Å²) in [5.41, 5.74) is 0.675. The Morgan fingerprint density at radius 1 is 1.35 bits per heavy atom. The lowest BCUT2D eigenvalue weighted by molar-refractivity contribution is 0.0262. The van der Waals surface area contributed by atoms with Gasteiger partial charge in [-0.25, -0.2) is 9.67 Å². The average Bonchev–Trinajstić information content (AvgIpc) is 3.18. The SMILES string of the molecule is CC1COCCC1n1ncc2c(=O)[nH]c(CC3CCCC3)nc21. The number of nitrogens with zero attached hydrogens (tertiary/aromatic N) is 3. The molecule has 1 saturated heterocycles. The molecule has 2 fully saturated rings. The molecule has 0 spiro atoms. The molecule has 4 rings (SSSR count). The molecule has 3 heterocycles. The van der Waals surface area contributed by atoms with Crippen LogP contribution in [0.5, 0.6) is 0 Å². The van der Waals surface area contributed by atoms with Gasteiger partial charge in [-0.05, 0) is 12.3 Å². The second kappa shape index (κ2) is 6.07. The molecule has 2 atom stereocenters. The highest BCUT2D eigenvalue weighted by molar-refractivity contribution is 5.73. The standard InChI is InChI=1S/C17H24N4O2/c1-11-10-23-7-6-14(11)21-16-13(9-18-21)17(22)20-15(19-16)8-12-4-2-3-5-12/h9,11-12,14H,2-8,10H2,1H3,(H,19,20,22). The first-order chi connectivity index (χ1) is 11.2. The van der Waals surface area contributed by atoms with Crippen LogP contribution in [0, 0.1) is 11.8 Å². The quantitative estimate of drug-likeness (QED) is 0.944. The van der Waals surface area contributed by atoms with Crippen LogP contribution in [-0.2, 0) is 11.2 Å². The molecular formula is C17H24N4O2. The third kappa shape index (κ3) is 2.80.